The van der Waals surface area contributed by atoms with Crippen molar-refractivity contribution >= 4 is 17.4 Å². The number of hydrogen-bond acceptors (Lipinski definition) is 4. The van der Waals surface area contributed by atoms with Gasteiger partial charge in [-0.15, -0.1) is 0 Å². The van der Waals surface area contributed by atoms with Gasteiger partial charge in [0.25, 0.3) is 0 Å². The standard InChI is InChI=1S/C13H18ClF3N4/c1-3-21-6-4-9(5-7-21)20(2)11-8-10(13(15,16)17)18-12(14)19-11/h8-9H,3-7H2,1-2H3. The van der Waals surface area contributed by atoms with Crippen LogP contribution in [0.3, 0.4) is 0 Å². The minimum Gasteiger partial charge on any atom is -0.356 e. The van der Waals surface area contributed by atoms with Crippen LogP contribution in [0.15, 0.2) is 6.07 Å². The lowest BCUT2D eigenvalue weighted by Crippen LogP contribution is -2.43. The number of rotatable bonds is 3. The van der Waals surface area contributed by atoms with Crippen LogP contribution in [0.1, 0.15) is 25.5 Å². The van der Waals surface area contributed by atoms with Crippen LogP contribution in [-0.2, 0) is 6.18 Å². The van der Waals surface area contributed by atoms with Gasteiger partial charge in [0.05, 0.1) is 0 Å². The van der Waals surface area contributed by atoms with Gasteiger partial charge < -0.3 is 9.80 Å². The first-order chi connectivity index (χ1) is 9.81. The molecule has 0 saturated carbocycles. The molecule has 2 rings (SSSR count). The summed E-state index contributed by atoms with van der Waals surface area (Å²) in [6.45, 7) is 4.98. The molecule has 0 N–H and O–H groups in total. The number of anilines is 1. The molecular weight excluding hydrogens is 305 g/mol. The Kier molecular flexibility index (Phi) is 4.93. The van der Waals surface area contributed by atoms with Gasteiger partial charge in [0.1, 0.15) is 5.82 Å². The highest BCUT2D eigenvalue weighted by molar-refractivity contribution is 6.28. The molecule has 1 saturated heterocycles. The molecule has 1 aliphatic rings. The van der Waals surface area contributed by atoms with E-state index in [1.807, 2.05) is 0 Å². The first-order valence-electron chi connectivity index (χ1n) is 6.88. The third kappa shape index (κ3) is 3.97. The van der Waals surface area contributed by atoms with E-state index in [1.54, 1.807) is 11.9 Å². The molecule has 1 aromatic heterocycles. The Bertz CT molecular complexity index is 487. The van der Waals surface area contributed by atoms with Crippen molar-refractivity contribution in [2.24, 2.45) is 0 Å². The minimum absolute atomic E-state index is 0.167. The van der Waals surface area contributed by atoms with Crippen LogP contribution >= 0.6 is 11.6 Å². The topological polar surface area (TPSA) is 32.3 Å². The maximum Gasteiger partial charge on any atom is 0.433 e. The largest absolute Gasteiger partial charge is 0.433 e. The van der Waals surface area contributed by atoms with Gasteiger partial charge in [-0.2, -0.15) is 13.2 Å². The molecule has 0 bridgehead atoms. The third-order valence-electron chi connectivity index (χ3n) is 3.89. The van der Waals surface area contributed by atoms with Crippen LogP contribution in [-0.4, -0.2) is 47.6 Å². The molecule has 1 aromatic rings. The van der Waals surface area contributed by atoms with Crippen molar-refractivity contribution in [3.05, 3.63) is 17.0 Å². The average molecular weight is 323 g/mol. The lowest BCUT2D eigenvalue weighted by Gasteiger charge is -2.36. The second-order valence-corrected chi connectivity index (χ2v) is 5.49. The third-order valence-corrected chi connectivity index (χ3v) is 4.06. The Hall–Kier alpha value is -1.08. The van der Waals surface area contributed by atoms with E-state index in [1.165, 1.54) is 0 Å². The van der Waals surface area contributed by atoms with E-state index in [4.69, 9.17) is 11.6 Å². The summed E-state index contributed by atoms with van der Waals surface area (Å²) in [5.74, 6) is 0.220. The second kappa shape index (κ2) is 6.36. The molecule has 21 heavy (non-hydrogen) atoms. The van der Waals surface area contributed by atoms with Crippen molar-refractivity contribution in [3.8, 4) is 0 Å². The molecule has 0 atom stereocenters. The van der Waals surface area contributed by atoms with Crippen molar-refractivity contribution in [3.63, 3.8) is 0 Å². The summed E-state index contributed by atoms with van der Waals surface area (Å²) in [6.07, 6.45) is -2.73. The monoisotopic (exact) mass is 322 g/mol. The van der Waals surface area contributed by atoms with E-state index in [2.05, 4.69) is 21.8 Å². The molecule has 0 unspecified atom stereocenters. The normalized spacial score (nSPS) is 18.0. The van der Waals surface area contributed by atoms with Gasteiger partial charge in [-0.05, 0) is 31.0 Å². The van der Waals surface area contributed by atoms with Crippen LogP contribution in [0, 0.1) is 0 Å². The van der Waals surface area contributed by atoms with E-state index < -0.39 is 11.9 Å². The second-order valence-electron chi connectivity index (χ2n) is 5.15. The highest BCUT2D eigenvalue weighted by Gasteiger charge is 2.34. The summed E-state index contributed by atoms with van der Waals surface area (Å²) in [6, 6.07) is 1.12. The average Bonchev–Trinajstić information content (AvgIpc) is 2.45. The first-order valence-corrected chi connectivity index (χ1v) is 7.26. The maximum atomic E-state index is 12.8. The molecule has 0 aliphatic carbocycles. The fourth-order valence-corrected chi connectivity index (χ4v) is 2.72. The Morgan fingerprint density at radius 3 is 2.48 bits per heavy atom. The Morgan fingerprint density at radius 2 is 1.95 bits per heavy atom. The van der Waals surface area contributed by atoms with Crippen LogP contribution in [0.5, 0.6) is 0 Å². The van der Waals surface area contributed by atoms with Gasteiger partial charge in [0.2, 0.25) is 5.28 Å². The highest BCUT2D eigenvalue weighted by atomic mass is 35.5. The molecule has 2 heterocycles. The lowest BCUT2D eigenvalue weighted by atomic mass is 10.0. The lowest BCUT2D eigenvalue weighted by molar-refractivity contribution is -0.141. The summed E-state index contributed by atoms with van der Waals surface area (Å²) < 4.78 is 38.3. The van der Waals surface area contributed by atoms with E-state index in [0.29, 0.717) is 0 Å². The number of likely N-dealkylation sites (tertiary alicyclic amines) is 1. The zero-order chi connectivity index (χ0) is 15.6. The molecule has 0 aromatic carbocycles. The van der Waals surface area contributed by atoms with Crippen LogP contribution in [0.25, 0.3) is 0 Å². The van der Waals surface area contributed by atoms with Crippen molar-refractivity contribution < 1.29 is 13.2 Å². The van der Waals surface area contributed by atoms with Gasteiger partial charge in [-0.25, -0.2) is 9.97 Å². The van der Waals surface area contributed by atoms with Gasteiger partial charge in [-0.3, -0.25) is 0 Å². The molecule has 118 valence electrons. The van der Waals surface area contributed by atoms with Crippen LogP contribution in [0.4, 0.5) is 19.0 Å². The van der Waals surface area contributed by atoms with Crippen molar-refractivity contribution in [2.45, 2.75) is 32.0 Å². The van der Waals surface area contributed by atoms with Gasteiger partial charge >= 0.3 is 6.18 Å². The summed E-state index contributed by atoms with van der Waals surface area (Å²) in [4.78, 5) is 11.3. The Labute approximate surface area is 126 Å². The summed E-state index contributed by atoms with van der Waals surface area (Å²) in [7, 11) is 1.76. The molecule has 4 nitrogen and oxygen atoms in total. The van der Waals surface area contributed by atoms with E-state index in [-0.39, 0.29) is 17.1 Å². The van der Waals surface area contributed by atoms with Crippen molar-refractivity contribution in [1.29, 1.82) is 0 Å². The SMILES string of the molecule is CCN1CCC(N(C)c2cc(C(F)(F)F)nc(Cl)n2)CC1. The number of nitrogens with zero attached hydrogens (tertiary/aromatic N) is 4. The molecule has 8 heteroatoms. The number of hydrogen-bond donors (Lipinski definition) is 0. The fourth-order valence-electron chi connectivity index (χ4n) is 2.54. The quantitative estimate of drug-likeness (QED) is 0.801. The van der Waals surface area contributed by atoms with E-state index in [0.717, 1.165) is 38.5 Å². The number of alkyl halides is 3. The molecule has 1 fully saturated rings. The zero-order valence-electron chi connectivity index (χ0n) is 12.0. The summed E-state index contributed by atoms with van der Waals surface area (Å²) >= 11 is 5.63. The smallest absolute Gasteiger partial charge is 0.356 e. The van der Waals surface area contributed by atoms with E-state index >= 15 is 0 Å². The predicted octanol–water partition coefficient (Wildman–Crippen LogP) is 3.07. The molecular formula is C13H18ClF3N4. The summed E-state index contributed by atoms with van der Waals surface area (Å²) in [5.41, 5.74) is -1.00. The van der Waals surface area contributed by atoms with Gasteiger partial charge in [-0.1, -0.05) is 6.92 Å². The molecule has 0 radical (unpaired) electrons. The number of piperidine rings is 1. The van der Waals surface area contributed by atoms with Crippen LogP contribution < -0.4 is 4.90 Å². The zero-order valence-corrected chi connectivity index (χ0v) is 12.7. The van der Waals surface area contributed by atoms with Crippen molar-refractivity contribution in [1.82, 2.24) is 14.9 Å². The molecule has 0 spiro atoms. The molecule has 1 aliphatic heterocycles. The van der Waals surface area contributed by atoms with Gasteiger partial charge in [0.15, 0.2) is 5.69 Å². The number of halogens is 4. The first kappa shape index (κ1) is 16.3. The van der Waals surface area contributed by atoms with E-state index in [9.17, 15) is 13.2 Å². The van der Waals surface area contributed by atoms with Crippen LogP contribution in [0.2, 0.25) is 5.28 Å². The van der Waals surface area contributed by atoms with Crippen molar-refractivity contribution in [2.75, 3.05) is 31.6 Å². The Balaban J connectivity index is 2.16. The Morgan fingerprint density at radius 1 is 1.33 bits per heavy atom. The van der Waals surface area contributed by atoms with Gasteiger partial charge in [0, 0.05) is 32.2 Å². The maximum absolute atomic E-state index is 12.8. The predicted molar refractivity (Wildman–Crippen MR) is 75.6 cm³/mol. The highest BCUT2D eigenvalue weighted by Crippen LogP contribution is 2.31. The molecule has 0 amide bonds. The summed E-state index contributed by atoms with van der Waals surface area (Å²) in [5, 5.41) is -0.377. The number of aromatic nitrogens is 2. The minimum atomic E-state index is -4.52. The fraction of sp³-hybridized carbons (Fsp3) is 0.692.